The van der Waals surface area contributed by atoms with Crippen LogP contribution in [0.25, 0.3) is 33.6 Å². The second-order valence-electron chi connectivity index (χ2n) is 10.8. The van der Waals surface area contributed by atoms with Gasteiger partial charge in [0, 0.05) is 41.4 Å². The molecule has 6 rings (SSSR count). The lowest BCUT2D eigenvalue weighted by Gasteiger charge is -2.22. The molecule has 3 aromatic heterocycles. The number of hydrogen-bond acceptors (Lipinski definition) is 6. The zero-order valence-corrected chi connectivity index (χ0v) is 24.9. The molecule has 2 aromatic carbocycles. The fourth-order valence-corrected chi connectivity index (χ4v) is 5.82. The van der Waals surface area contributed by atoms with Crippen LogP contribution < -0.4 is 15.6 Å². The van der Waals surface area contributed by atoms with Crippen LogP contribution in [0.1, 0.15) is 37.9 Å². The van der Waals surface area contributed by atoms with Crippen LogP contribution >= 0.6 is 11.6 Å². The molecule has 1 aliphatic rings. The smallest absolute Gasteiger partial charge is 0.254 e. The van der Waals surface area contributed by atoms with E-state index in [1.54, 1.807) is 41.1 Å². The molecule has 5 aromatic rings. The highest BCUT2D eigenvalue weighted by molar-refractivity contribution is 6.31. The maximum Gasteiger partial charge on any atom is 0.254 e. The van der Waals surface area contributed by atoms with Crippen LogP contribution in [0.15, 0.2) is 84.2 Å². The van der Waals surface area contributed by atoms with Crippen LogP contribution in [0, 0.1) is 5.92 Å². The van der Waals surface area contributed by atoms with Crippen LogP contribution in [-0.2, 0) is 11.8 Å². The fourth-order valence-electron chi connectivity index (χ4n) is 5.65. The van der Waals surface area contributed by atoms with Crippen molar-refractivity contribution in [2.45, 2.75) is 32.2 Å². The van der Waals surface area contributed by atoms with E-state index < -0.39 is 0 Å². The summed E-state index contributed by atoms with van der Waals surface area (Å²) in [6, 6.07) is 18.3. The minimum atomic E-state index is -0.377. The first-order valence-electron chi connectivity index (χ1n) is 14.1. The second kappa shape index (κ2) is 11.9. The summed E-state index contributed by atoms with van der Waals surface area (Å²) in [6.07, 6.45) is 6.96. The van der Waals surface area contributed by atoms with Gasteiger partial charge in [0.25, 0.3) is 5.56 Å². The van der Waals surface area contributed by atoms with Gasteiger partial charge in [-0.2, -0.15) is 5.10 Å². The van der Waals surface area contributed by atoms with Gasteiger partial charge in [0.2, 0.25) is 5.91 Å². The summed E-state index contributed by atoms with van der Waals surface area (Å²) in [4.78, 5) is 36.2. The highest BCUT2D eigenvalue weighted by Gasteiger charge is 2.24. The Bertz CT molecular complexity index is 1880. The number of fused-ring (bicyclic) bond motifs is 4. The Balaban J connectivity index is 1.43. The highest BCUT2D eigenvalue weighted by Crippen LogP contribution is 2.35. The fraction of sp³-hybridized carbons (Fsp3) is 0.242. The summed E-state index contributed by atoms with van der Waals surface area (Å²) in [5.74, 6) is 0.454. The SMILES string of the molecule is COc1cccc(-c2ccc(Cl)cc2-c2cc(=O)n(C3CCCC(C)C(=O)Nc4cnn(C)c4-c4ccnc3c4)cn2)c1. The Kier molecular flexibility index (Phi) is 7.82. The van der Waals surface area contributed by atoms with Gasteiger partial charge >= 0.3 is 0 Å². The number of halogens is 1. The van der Waals surface area contributed by atoms with Gasteiger partial charge in [-0.25, -0.2) is 4.98 Å². The lowest BCUT2D eigenvalue weighted by molar-refractivity contribution is -0.119. The number of rotatable bonds is 4. The number of ether oxygens (including phenoxy) is 1. The third-order valence-corrected chi connectivity index (χ3v) is 8.20. The summed E-state index contributed by atoms with van der Waals surface area (Å²) in [5.41, 5.74) is 5.85. The van der Waals surface area contributed by atoms with E-state index >= 15 is 0 Å². The number of hydrogen-bond donors (Lipinski definition) is 1. The van der Waals surface area contributed by atoms with Crippen molar-refractivity contribution in [1.29, 1.82) is 0 Å². The molecule has 0 saturated carbocycles. The number of anilines is 1. The molecule has 2 bridgehead atoms. The molecule has 1 N–H and O–H groups in total. The van der Waals surface area contributed by atoms with E-state index in [9.17, 15) is 9.59 Å². The molecule has 0 fully saturated rings. The molecule has 2 unspecified atom stereocenters. The van der Waals surface area contributed by atoms with Gasteiger partial charge in [0.05, 0.1) is 48.4 Å². The van der Waals surface area contributed by atoms with Crippen molar-refractivity contribution < 1.29 is 9.53 Å². The van der Waals surface area contributed by atoms with Crippen LogP contribution in [0.5, 0.6) is 5.75 Å². The normalized spacial score (nSPS) is 16.9. The van der Waals surface area contributed by atoms with E-state index in [1.807, 2.05) is 68.6 Å². The number of aryl methyl sites for hydroxylation is 1. The van der Waals surface area contributed by atoms with E-state index in [1.165, 1.54) is 0 Å². The number of carbonyl (C=O) groups is 1. The Morgan fingerprint density at radius 1 is 0.977 bits per heavy atom. The minimum absolute atomic E-state index is 0.0581. The summed E-state index contributed by atoms with van der Waals surface area (Å²) in [5, 5.41) is 7.95. The molecular weight excluding hydrogens is 564 g/mol. The summed E-state index contributed by atoms with van der Waals surface area (Å²) >= 11 is 6.41. The molecule has 9 nitrogen and oxygen atoms in total. The quantitative estimate of drug-likeness (QED) is 0.259. The summed E-state index contributed by atoms with van der Waals surface area (Å²) in [7, 11) is 3.46. The van der Waals surface area contributed by atoms with Crippen molar-refractivity contribution in [1.82, 2.24) is 24.3 Å². The van der Waals surface area contributed by atoms with Crippen LogP contribution in [0.2, 0.25) is 5.02 Å². The zero-order valence-electron chi connectivity index (χ0n) is 24.1. The molecule has 43 heavy (non-hydrogen) atoms. The molecular formula is C33H31ClN6O3. The molecule has 0 spiro atoms. The van der Waals surface area contributed by atoms with Crippen molar-refractivity contribution in [2.24, 2.45) is 13.0 Å². The largest absolute Gasteiger partial charge is 0.497 e. The van der Waals surface area contributed by atoms with Crippen LogP contribution in [0.3, 0.4) is 0 Å². The molecule has 0 aliphatic carbocycles. The Labute approximate surface area is 254 Å². The van der Waals surface area contributed by atoms with Crippen molar-refractivity contribution in [3.63, 3.8) is 0 Å². The van der Waals surface area contributed by atoms with E-state index in [2.05, 4.69) is 15.4 Å². The molecule has 0 saturated heterocycles. The average molecular weight is 595 g/mol. The number of aromatic nitrogens is 5. The number of amides is 1. The lowest BCUT2D eigenvalue weighted by atomic mass is 9.96. The molecule has 4 heterocycles. The summed E-state index contributed by atoms with van der Waals surface area (Å²) in [6.45, 7) is 1.91. The molecule has 218 valence electrons. The van der Waals surface area contributed by atoms with Gasteiger partial charge in [-0.3, -0.25) is 23.8 Å². The van der Waals surface area contributed by atoms with E-state index in [0.29, 0.717) is 35.7 Å². The Hall–Kier alpha value is -4.76. The number of pyridine rings is 1. The first-order valence-corrected chi connectivity index (χ1v) is 14.5. The Morgan fingerprint density at radius 3 is 2.65 bits per heavy atom. The van der Waals surface area contributed by atoms with Crippen molar-refractivity contribution >= 4 is 23.2 Å². The second-order valence-corrected chi connectivity index (χ2v) is 11.2. The number of nitrogens with zero attached hydrogens (tertiary/aromatic N) is 5. The van der Waals surface area contributed by atoms with Gasteiger partial charge in [0.1, 0.15) is 5.75 Å². The minimum Gasteiger partial charge on any atom is -0.497 e. The topological polar surface area (TPSA) is 104 Å². The van der Waals surface area contributed by atoms with Gasteiger partial charge in [-0.1, -0.05) is 43.1 Å². The van der Waals surface area contributed by atoms with Crippen molar-refractivity contribution in [2.75, 3.05) is 12.4 Å². The van der Waals surface area contributed by atoms with Gasteiger partial charge in [0.15, 0.2) is 0 Å². The highest BCUT2D eigenvalue weighted by atomic mass is 35.5. The molecule has 2 atom stereocenters. The molecule has 0 radical (unpaired) electrons. The Morgan fingerprint density at radius 2 is 1.84 bits per heavy atom. The van der Waals surface area contributed by atoms with E-state index in [-0.39, 0.29) is 23.4 Å². The number of carbonyl (C=O) groups excluding carboxylic acids is 1. The van der Waals surface area contributed by atoms with E-state index in [4.69, 9.17) is 21.3 Å². The third kappa shape index (κ3) is 5.68. The van der Waals surface area contributed by atoms with Gasteiger partial charge in [-0.15, -0.1) is 0 Å². The maximum absolute atomic E-state index is 13.8. The number of benzene rings is 2. The van der Waals surface area contributed by atoms with Crippen molar-refractivity contribution in [3.05, 3.63) is 100 Å². The maximum atomic E-state index is 13.8. The predicted octanol–water partition coefficient (Wildman–Crippen LogP) is 6.38. The first-order chi connectivity index (χ1) is 20.8. The summed E-state index contributed by atoms with van der Waals surface area (Å²) < 4.78 is 8.78. The van der Waals surface area contributed by atoms with Gasteiger partial charge in [-0.05, 0) is 60.4 Å². The van der Waals surface area contributed by atoms with E-state index in [0.717, 1.165) is 39.4 Å². The lowest BCUT2D eigenvalue weighted by Crippen LogP contribution is -2.27. The van der Waals surface area contributed by atoms with Crippen LogP contribution in [-0.4, -0.2) is 37.3 Å². The molecule has 1 amide bonds. The standard InChI is InChI=1S/C33H31ClN6O3/c1-20-6-4-9-30(28-15-22(12-13-35-28)32-29(38-33(20)42)18-37-39(32)2)40-19-36-27(17-31(40)41)26-16-23(34)10-11-25(26)21-7-5-8-24(14-21)43-3/h5,7-8,10-20,30H,4,6,9H2,1-3H3,(H,38,42). The predicted molar refractivity (Wildman–Crippen MR) is 167 cm³/mol. The first kappa shape index (κ1) is 28.4. The average Bonchev–Trinajstić information content (AvgIpc) is 3.38. The molecule has 1 aliphatic heterocycles. The van der Waals surface area contributed by atoms with Crippen LogP contribution in [0.4, 0.5) is 5.69 Å². The third-order valence-electron chi connectivity index (χ3n) is 7.96. The van der Waals surface area contributed by atoms with Crippen molar-refractivity contribution in [3.8, 4) is 39.4 Å². The number of methoxy groups -OCH3 is 1. The monoisotopic (exact) mass is 594 g/mol. The number of nitrogens with one attached hydrogen (secondary N) is 1. The van der Waals surface area contributed by atoms with Gasteiger partial charge < -0.3 is 10.1 Å². The zero-order chi connectivity index (χ0) is 30.1. The molecule has 10 heteroatoms.